The Labute approximate surface area is 115 Å². The molecule has 17 heavy (non-hydrogen) atoms. The molecule has 1 aliphatic heterocycles. The van der Waals surface area contributed by atoms with Gasteiger partial charge in [0.1, 0.15) is 5.75 Å². The molecule has 1 saturated heterocycles. The lowest BCUT2D eigenvalue weighted by Gasteiger charge is -2.22. The first-order valence-corrected chi connectivity index (χ1v) is 7.34. The molecule has 0 unspecified atom stereocenters. The maximum atomic E-state index is 6.16. The van der Waals surface area contributed by atoms with Crippen molar-refractivity contribution < 1.29 is 9.47 Å². The fraction of sp³-hybridized carbons (Fsp3) is 0.538. The molecule has 2 rings (SSSR count). The average Bonchev–Trinajstić information content (AvgIpc) is 2.38. The van der Waals surface area contributed by atoms with Gasteiger partial charge in [0.2, 0.25) is 0 Å². The highest BCUT2D eigenvalue weighted by atomic mass is 79.9. The Morgan fingerprint density at radius 3 is 2.76 bits per heavy atom. The van der Waals surface area contributed by atoms with E-state index in [0.29, 0.717) is 10.9 Å². The van der Waals surface area contributed by atoms with Gasteiger partial charge in [-0.25, -0.2) is 0 Å². The lowest BCUT2D eigenvalue weighted by atomic mass is 10.0. The topological polar surface area (TPSA) is 18.5 Å². The summed E-state index contributed by atoms with van der Waals surface area (Å²) >= 11 is 9.56. The molecule has 0 N–H and O–H groups in total. The summed E-state index contributed by atoms with van der Waals surface area (Å²) in [5, 5.41) is 1.50. The number of ether oxygens (including phenoxy) is 2. The van der Waals surface area contributed by atoms with Crippen LogP contribution >= 0.6 is 27.5 Å². The molecule has 4 heteroatoms. The SMILES string of the molecule is Clc1cc(CBr)ccc1OCC1CCOCC1. The van der Waals surface area contributed by atoms with Crippen molar-refractivity contribution in [1.82, 2.24) is 0 Å². The normalized spacial score (nSPS) is 17.1. The molecule has 0 aliphatic carbocycles. The second kappa shape index (κ2) is 6.62. The minimum Gasteiger partial charge on any atom is -0.492 e. The van der Waals surface area contributed by atoms with Crippen LogP contribution in [-0.4, -0.2) is 19.8 Å². The van der Waals surface area contributed by atoms with Crippen molar-refractivity contribution >= 4 is 27.5 Å². The Morgan fingerprint density at radius 2 is 2.12 bits per heavy atom. The molecule has 0 spiro atoms. The third-order valence-corrected chi connectivity index (χ3v) is 3.91. The van der Waals surface area contributed by atoms with E-state index < -0.39 is 0 Å². The van der Waals surface area contributed by atoms with Gasteiger partial charge in [-0.3, -0.25) is 0 Å². The molecule has 0 bridgehead atoms. The third kappa shape index (κ3) is 3.87. The number of benzene rings is 1. The summed E-state index contributed by atoms with van der Waals surface area (Å²) < 4.78 is 11.1. The second-order valence-corrected chi connectivity index (χ2v) is 5.23. The zero-order valence-corrected chi connectivity index (χ0v) is 12.0. The Morgan fingerprint density at radius 1 is 1.35 bits per heavy atom. The van der Waals surface area contributed by atoms with E-state index in [1.54, 1.807) is 0 Å². The molecule has 0 amide bonds. The predicted octanol–water partition coefficient (Wildman–Crippen LogP) is 4.04. The maximum Gasteiger partial charge on any atom is 0.137 e. The highest BCUT2D eigenvalue weighted by molar-refractivity contribution is 9.08. The van der Waals surface area contributed by atoms with Crippen LogP contribution in [0.3, 0.4) is 0 Å². The standard InChI is InChI=1S/C13H16BrClO2/c14-8-11-1-2-13(12(15)7-11)17-9-10-3-5-16-6-4-10/h1-2,7,10H,3-6,8-9H2. The average molecular weight is 320 g/mol. The summed E-state index contributed by atoms with van der Waals surface area (Å²) in [4.78, 5) is 0. The van der Waals surface area contributed by atoms with Crippen molar-refractivity contribution in [2.75, 3.05) is 19.8 Å². The maximum absolute atomic E-state index is 6.16. The number of halogens is 2. The molecule has 1 aromatic rings. The van der Waals surface area contributed by atoms with Gasteiger partial charge in [-0.05, 0) is 36.5 Å². The van der Waals surface area contributed by atoms with E-state index in [9.17, 15) is 0 Å². The predicted molar refractivity (Wildman–Crippen MR) is 73.1 cm³/mol. The summed E-state index contributed by atoms with van der Waals surface area (Å²) in [7, 11) is 0. The molecular formula is C13H16BrClO2. The summed E-state index contributed by atoms with van der Waals surface area (Å²) in [5.74, 6) is 1.37. The Bertz CT molecular complexity index is 364. The lowest BCUT2D eigenvalue weighted by molar-refractivity contribution is 0.0498. The van der Waals surface area contributed by atoms with Gasteiger partial charge in [0, 0.05) is 18.5 Å². The van der Waals surface area contributed by atoms with E-state index in [-0.39, 0.29) is 0 Å². The first kappa shape index (κ1) is 13.2. The van der Waals surface area contributed by atoms with Crippen molar-refractivity contribution in [2.24, 2.45) is 5.92 Å². The van der Waals surface area contributed by atoms with E-state index in [2.05, 4.69) is 15.9 Å². The monoisotopic (exact) mass is 318 g/mol. The summed E-state index contributed by atoms with van der Waals surface area (Å²) in [5.41, 5.74) is 1.16. The van der Waals surface area contributed by atoms with Crippen molar-refractivity contribution in [2.45, 2.75) is 18.2 Å². The lowest BCUT2D eigenvalue weighted by Crippen LogP contribution is -2.21. The first-order valence-electron chi connectivity index (χ1n) is 5.84. The van der Waals surface area contributed by atoms with Crippen LogP contribution in [0, 0.1) is 5.92 Å². The van der Waals surface area contributed by atoms with Crippen molar-refractivity contribution in [3.63, 3.8) is 0 Å². The van der Waals surface area contributed by atoms with Gasteiger partial charge < -0.3 is 9.47 Å². The van der Waals surface area contributed by atoms with Crippen LogP contribution in [0.5, 0.6) is 5.75 Å². The smallest absolute Gasteiger partial charge is 0.137 e. The summed E-state index contributed by atoms with van der Waals surface area (Å²) in [6.07, 6.45) is 2.16. The summed E-state index contributed by atoms with van der Waals surface area (Å²) in [6.45, 7) is 2.44. The van der Waals surface area contributed by atoms with Crippen molar-refractivity contribution in [3.05, 3.63) is 28.8 Å². The second-order valence-electron chi connectivity index (χ2n) is 4.27. The number of hydrogen-bond acceptors (Lipinski definition) is 2. The minimum absolute atomic E-state index is 0.593. The minimum atomic E-state index is 0.593. The van der Waals surface area contributed by atoms with Crippen LogP contribution in [0.25, 0.3) is 0 Å². The molecule has 1 heterocycles. The molecule has 1 aliphatic rings. The van der Waals surface area contributed by atoms with Crippen LogP contribution < -0.4 is 4.74 Å². The molecule has 94 valence electrons. The van der Waals surface area contributed by atoms with Crippen LogP contribution in [0.15, 0.2) is 18.2 Å². The molecule has 0 saturated carbocycles. The van der Waals surface area contributed by atoms with E-state index in [1.807, 2.05) is 18.2 Å². The highest BCUT2D eigenvalue weighted by Gasteiger charge is 2.15. The molecule has 1 aromatic carbocycles. The number of rotatable bonds is 4. The molecular weight excluding hydrogens is 303 g/mol. The van der Waals surface area contributed by atoms with Crippen LogP contribution in [0.1, 0.15) is 18.4 Å². The third-order valence-electron chi connectivity index (χ3n) is 2.97. The van der Waals surface area contributed by atoms with Gasteiger partial charge in [-0.2, -0.15) is 0 Å². The Hall–Kier alpha value is -0.250. The van der Waals surface area contributed by atoms with Crippen molar-refractivity contribution in [3.8, 4) is 5.75 Å². The van der Waals surface area contributed by atoms with Gasteiger partial charge in [-0.1, -0.05) is 33.6 Å². The highest BCUT2D eigenvalue weighted by Crippen LogP contribution is 2.27. The van der Waals surface area contributed by atoms with Gasteiger partial charge in [0.15, 0.2) is 0 Å². The van der Waals surface area contributed by atoms with E-state index >= 15 is 0 Å². The van der Waals surface area contributed by atoms with Gasteiger partial charge >= 0.3 is 0 Å². The van der Waals surface area contributed by atoms with Crippen LogP contribution in [0.2, 0.25) is 5.02 Å². The largest absolute Gasteiger partial charge is 0.492 e. The Kier molecular flexibility index (Phi) is 5.14. The van der Waals surface area contributed by atoms with Crippen LogP contribution in [-0.2, 0) is 10.1 Å². The number of alkyl halides is 1. The number of hydrogen-bond donors (Lipinski definition) is 0. The molecule has 2 nitrogen and oxygen atoms in total. The molecule has 1 fully saturated rings. The van der Waals surface area contributed by atoms with E-state index in [0.717, 1.165) is 49.3 Å². The van der Waals surface area contributed by atoms with Gasteiger partial charge in [0.05, 0.1) is 11.6 Å². The zero-order valence-electron chi connectivity index (χ0n) is 9.62. The van der Waals surface area contributed by atoms with Gasteiger partial charge in [-0.15, -0.1) is 0 Å². The fourth-order valence-corrected chi connectivity index (χ4v) is 2.47. The van der Waals surface area contributed by atoms with Crippen LogP contribution in [0.4, 0.5) is 0 Å². The zero-order chi connectivity index (χ0) is 12.1. The Balaban J connectivity index is 1.89. The van der Waals surface area contributed by atoms with Crippen molar-refractivity contribution in [1.29, 1.82) is 0 Å². The molecule has 0 atom stereocenters. The van der Waals surface area contributed by atoms with Gasteiger partial charge in [0.25, 0.3) is 0 Å². The fourth-order valence-electron chi connectivity index (χ4n) is 1.87. The van der Waals surface area contributed by atoms with E-state index in [4.69, 9.17) is 21.1 Å². The summed E-state index contributed by atoms with van der Waals surface area (Å²) in [6, 6.07) is 5.91. The van der Waals surface area contributed by atoms with E-state index in [1.165, 1.54) is 0 Å². The molecule has 0 radical (unpaired) electrons. The quantitative estimate of drug-likeness (QED) is 0.780. The molecule has 0 aromatic heterocycles. The first-order chi connectivity index (χ1) is 8.29.